The molecule has 0 aliphatic rings. The summed E-state index contributed by atoms with van der Waals surface area (Å²) in [5, 5.41) is 8.79. The fourth-order valence-electron chi connectivity index (χ4n) is 1.81. The monoisotopic (exact) mass is 313 g/mol. The number of ether oxygens (including phenoxy) is 2. The number of carbonyl (C=O) groups excluding carboxylic acids is 1. The molecule has 1 atom stereocenters. The fraction of sp³-hybridized carbons (Fsp3) is 0.353. The van der Waals surface area contributed by atoms with Crippen LogP contribution in [-0.2, 0) is 4.74 Å². The number of benzene rings is 1. The average Bonchev–Trinajstić information content (AvgIpc) is 3.05. The summed E-state index contributed by atoms with van der Waals surface area (Å²) in [6.07, 6.45) is 3.51. The van der Waals surface area contributed by atoms with Crippen LogP contribution in [0.15, 0.2) is 43.0 Å². The van der Waals surface area contributed by atoms with Gasteiger partial charge in [-0.1, -0.05) is 20.8 Å². The lowest BCUT2D eigenvalue weighted by Gasteiger charge is -2.30. The van der Waals surface area contributed by atoms with Gasteiger partial charge >= 0.3 is 6.09 Å². The van der Waals surface area contributed by atoms with E-state index in [2.05, 4.69) is 11.1 Å². The Balaban J connectivity index is 2.01. The second-order valence-corrected chi connectivity index (χ2v) is 6.16. The molecule has 6 nitrogen and oxygen atoms in total. The van der Waals surface area contributed by atoms with Crippen LogP contribution < -0.4 is 4.74 Å². The third-order valence-corrected chi connectivity index (χ3v) is 3.31. The van der Waals surface area contributed by atoms with Crippen molar-refractivity contribution in [2.24, 2.45) is 5.41 Å². The van der Waals surface area contributed by atoms with E-state index in [-0.39, 0.29) is 12.0 Å². The van der Waals surface area contributed by atoms with Gasteiger partial charge in [-0.25, -0.2) is 14.3 Å². The molecule has 0 amide bonds. The summed E-state index contributed by atoms with van der Waals surface area (Å²) in [6.45, 7) is 6.14. The predicted octanol–water partition coefficient (Wildman–Crippen LogP) is 3.23. The zero-order valence-electron chi connectivity index (χ0n) is 13.4. The molecule has 0 spiro atoms. The summed E-state index contributed by atoms with van der Waals surface area (Å²) >= 11 is 0. The molecule has 1 unspecified atom stereocenters. The Morgan fingerprint density at radius 1 is 1.35 bits per heavy atom. The Kier molecular flexibility index (Phi) is 5.02. The molecule has 120 valence electrons. The van der Waals surface area contributed by atoms with E-state index in [1.54, 1.807) is 24.3 Å². The van der Waals surface area contributed by atoms with E-state index in [1.165, 1.54) is 23.3 Å². The number of carbonyl (C=O) groups is 1. The van der Waals surface area contributed by atoms with Gasteiger partial charge in [-0.15, -0.1) is 0 Å². The molecule has 2 aromatic rings. The SMILES string of the molecule is CC(C)(C)C(COc1ccc(C#N)cc1)OC(=O)n1ccnc1. The van der Waals surface area contributed by atoms with Crippen LogP contribution in [0, 0.1) is 16.7 Å². The maximum atomic E-state index is 12.1. The molecule has 0 aliphatic carbocycles. The summed E-state index contributed by atoms with van der Waals surface area (Å²) in [5.41, 5.74) is 0.277. The lowest BCUT2D eigenvalue weighted by atomic mass is 9.89. The van der Waals surface area contributed by atoms with Crippen LogP contribution >= 0.6 is 0 Å². The molecule has 1 aromatic heterocycles. The number of hydrogen-bond donors (Lipinski definition) is 0. The summed E-state index contributed by atoms with van der Waals surface area (Å²) in [4.78, 5) is 15.9. The highest BCUT2D eigenvalue weighted by Crippen LogP contribution is 2.24. The minimum absolute atomic E-state index is 0.218. The first-order chi connectivity index (χ1) is 10.9. The lowest BCUT2D eigenvalue weighted by Crippen LogP contribution is -2.37. The Morgan fingerprint density at radius 2 is 2.04 bits per heavy atom. The van der Waals surface area contributed by atoms with Crippen molar-refractivity contribution in [2.75, 3.05) is 6.61 Å². The predicted molar refractivity (Wildman–Crippen MR) is 84.0 cm³/mol. The van der Waals surface area contributed by atoms with Crippen molar-refractivity contribution in [1.82, 2.24) is 9.55 Å². The van der Waals surface area contributed by atoms with E-state index in [4.69, 9.17) is 14.7 Å². The van der Waals surface area contributed by atoms with Crippen molar-refractivity contribution in [1.29, 1.82) is 5.26 Å². The molecule has 23 heavy (non-hydrogen) atoms. The molecule has 1 aromatic carbocycles. The van der Waals surface area contributed by atoms with Gasteiger partial charge in [-0.2, -0.15) is 5.26 Å². The van der Waals surface area contributed by atoms with Crippen molar-refractivity contribution in [3.05, 3.63) is 48.5 Å². The van der Waals surface area contributed by atoms with Crippen molar-refractivity contribution < 1.29 is 14.3 Å². The fourth-order valence-corrected chi connectivity index (χ4v) is 1.81. The topological polar surface area (TPSA) is 77.1 Å². The Bertz CT molecular complexity index is 679. The normalized spacial score (nSPS) is 12.3. The highest BCUT2D eigenvalue weighted by Gasteiger charge is 2.29. The molecule has 0 saturated heterocycles. The zero-order chi connectivity index (χ0) is 16.9. The van der Waals surface area contributed by atoms with E-state index < -0.39 is 12.2 Å². The van der Waals surface area contributed by atoms with Gasteiger partial charge in [0.25, 0.3) is 0 Å². The molecule has 2 rings (SSSR count). The number of imidazole rings is 1. The standard InChI is InChI=1S/C17H19N3O3/c1-17(2,3)15(23-16(21)20-9-8-19-12-20)11-22-14-6-4-13(10-18)5-7-14/h4-9,12,15H,11H2,1-3H3. The van der Waals surface area contributed by atoms with Crippen LogP contribution in [0.4, 0.5) is 4.79 Å². The maximum Gasteiger partial charge on any atom is 0.419 e. The van der Waals surface area contributed by atoms with Crippen molar-refractivity contribution >= 4 is 6.09 Å². The third kappa shape index (κ3) is 4.58. The largest absolute Gasteiger partial charge is 0.490 e. The van der Waals surface area contributed by atoms with Crippen LogP contribution in [0.5, 0.6) is 5.75 Å². The van der Waals surface area contributed by atoms with Gasteiger partial charge in [-0.05, 0) is 24.3 Å². The number of rotatable bonds is 4. The smallest absolute Gasteiger partial charge is 0.419 e. The molecule has 0 saturated carbocycles. The molecule has 0 radical (unpaired) electrons. The van der Waals surface area contributed by atoms with E-state index >= 15 is 0 Å². The van der Waals surface area contributed by atoms with Crippen LogP contribution in [0.2, 0.25) is 0 Å². The average molecular weight is 313 g/mol. The van der Waals surface area contributed by atoms with Gasteiger partial charge in [0.2, 0.25) is 0 Å². The number of hydrogen-bond acceptors (Lipinski definition) is 5. The molecule has 0 N–H and O–H groups in total. The lowest BCUT2D eigenvalue weighted by molar-refractivity contribution is 0.00210. The molecule has 0 aliphatic heterocycles. The number of nitrogens with zero attached hydrogens (tertiary/aromatic N) is 3. The summed E-state index contributed by atoms with van der Waals surface area (Å²) in [5.74, 6) is 0.622. The number of aromatic nitrogens is 2. The maximum absolute atomic E-state index is 12.1. The highest BCUT2D eigenvalue weighted by molar-refractivity contribution is 5.70. The van der Waals surface area contributed by atoms with Crippen LogP contribution in [-0.4, -0.2) is 28.4 Å². The van der Waals surface area contributed by atoms with E-state index in [9.17, 15) is 4.79 Å². The van der Waals surface area contributed by atoms with Gasteiger partial charge in [0.15, 0.2) is 0 Å². The summed E-state index contributed by atoms with van der Waals surface area (Å²) in [7, 11) is 0. The molecule has 6 heteroatoms. The Hall–Kier alpha value is -2.81. The molecular formula is C17H19N3O3. The minimum atomic E-state index is -0.495. The Labute approximate surface area is 135 Å². The first-order valence-electron chi connectivity index (χ1n) is 7.22. The first kappa shape index (κ1) is 16.6. The summed E-state index contributed by atoms with van der Waals surface area (Å²) < 4.78 is 12.5. The Morgan fingerprint density at radius 3 is 2.57 bits per heavy atom. The highest BCUT2D eigenvalue weighted by atomic mass is 16.6. The zero-order valence-corrected chi connectivity index (χ0v) is 13.4. The van der Waals surface area contributed by atoms with Gasteiger partial charge in [0, 0.05) is 17.8 Å². The van der Waals surface area contributed by atoms with E-state index in [0.29, 0.717) is 11.3 Å². The van der Waals surface area contributed by atoms with Gasteiger partial charge in [0.05, 0.1) is 11.6 Å². The molecule has 0 bridgehead atoms. The van der Waals surface area contributed by atoms with Crippen molar-refractivity contribution in [3.63, 3.8) is 0 Å². The second-order valence-electron chi connectivity index (χ2n) is 6.16. The third-order valence-electron chi connectivity index (χ3n) is 3.31. The van der Waals surface area contributed by atoms with E-state index in [0.717, 1.165) is 0 Å². The van der Waals surface area contributed by atoms with Crippen LogP contribution in [0.3, 0.4) is 0 Å². The van der Waals surface area contributed by atoms with Crippen molar-refractivity contribution in [3.8, 4) is 11.8 Å². The second kappa shape index (κ2) is 6.97. The molecular weight excluding hydrogens is 294 g/mol. The van der Waals surface area contributed by atoms with Crippen LogP contribution in [0.1, 0.15) is 26.3 Å². The number of nitriles is 1. The van der Waals surface area contributed by atoms with Gasteiger partial charge in [0.1, 0.15) is 24.8 Å². The van der Waals surface area contributed by atoms with Gasteiger partial charge < -0.3 is 9.47 Å². The van der Waals surface area contributed by atoms with Crippen LogP contribution in [0.25, 0.3) is 0 Å². The first-order valence-corrected chi connectivity index (χ1v) is 7.22. The van der Waals surface area contributed by atoms with E-state index in [1.807, 2.05) is 20.8 Å². The molecule has 0 fully saturated rings. The quantitative estimate of drug-likeness (QED) is 0.866. The minimum Gasteiger partial charge on any atom is -0.490 e. The van der Waals surface area contributed by atoms with Gasteiger partial charge in [-0.3, -0.25) is 0 Å². The molecule has 1 heterocycles. The van der Waals surface area contributed by atoms with Crippen molar-refractivity contribution in [2.45, 2.75) is 26.9 Å². The summed E-state index contributed by atoms with van der Waals surface area (Å²) in [6, 6.07) is 8.85.